The summed E-state index contributed by atoms with van der Waals surface area (Å²) >= 11 is 0. The molecule has 1 heterocycles. The van der Waals surface area contributed by atoms with E-state index >= 15 is 0 Å². The van der Waals surface area contributed by atoms with E-state index in [1.54, 1.807) is 7.11 Å². The molecule has 1 aromatic carbocycles. The summed E-state index contributed by atoms with van der Waals surface area (Å²) in [7, 11) is 1.68. The second-order valence-corrected chi connectivity index (χ2v) is 5.87. The third kappa shape index (κ3) is 4.65. The summed E-state index contributed by atoms with van der Waals surface area (Å²) in [6.07, 6.45) is 7.24. The van der Waals surface area contributed by atoms with Crippen LogP contribution in [0.25, 0.3) is 0 Å². The van der Waals surface area contributed by atoms with Crippen LogP contribution in [0, 0.1) is 12.3 Å². The molecular weight excluding hydrogens is 302 g/mol. The zero-order chi connectivity index (χ0) is 17.3. The molecule has 1 aliphatic rings. The summed E-state index contributed by atoms with van der Waals surface area (Å²) in [6, 6.07) is 8.30. The Balaban J connectivity index is 2.21. The van der Waals surface area contributed by atoms with Crippen LogP contribution in [0.5, 0.6) is 5.75 Å². The average molecular weight is 329 g/mol. The van der Waals surface area contributed by atoms with Gasteiger partial charge in [0.15, 0.2) is 5.96 Å². The zero-order valence-electron chi connectivity index (χ0n) is 14.6. The van der Waals surface area contributed by atoms with Crippen molar-refractivity contribution >= 4 is 5.96 Å². The van der Waals surface area contributed by atoms with Crippen molar-refractivity contribution < 1.29 is 9.47 Å². The highest BCUT2D eigenvalue weighted by Gasteiger charge is 2.34. The summed E-state index contributed by atoms with van der Waals surface area (Å²) in [6.45, 7) is 5.52. The number of methoxy groups -OCH3 is 1. The van der Waals surface area contributed by atoms with Crippen molar-refractivity contribution in [2.45, 2.75) is 25.2 Å². The van der Waals surface area contributed by atoms with Gasteiger partial charge in [0.05, 0.1) is 20.2 Å². The number of terminal acetylenes is 1. The monoisotopic (exact) mass is 329 g/mol. The summed E-state index contributed by atoms with van der Waals surface area (Å²) in [5.74, 6) is 4.21. The minimum absolute atomic E-state index is 0.0109. The Hall–Kier alpha value is -2.19. The number of benzene rings is 1. The van der Waals surface area contributed by atoms with Crippen LogP contribution in [0.2, 0.25) is 0 Å². The second kappa shape index (κ2) is 9.19. The molecule has 0 saturated carbocycles. The number of nitrogens with zero attached hydrogens (tertiary/aromatic N) is 1. The number of ether oxygens (including phenoxy) is 2. The predicted octanol–water partition coefficient (Wildman–Crippen LogP) is 1.93. The molecule has 0 aromatic heterocycles. The van der Waals surface area contributed by atoms with Gasteiger partial charge in [0.2, 0.25) is 0 Å². The lowest BCUT2D eigenvalue weighted by molar-refractivity contribution is 0.0531. The molecule has 0 atom stereocenters. The van der Waals surface area contributed by atoms with Gasteiger partial charge in [-0.05, 0) is 37.5 Å². The molecule has 1 fully saturated rings. The first-order chi connectivity index (χ1) is 11.7. The molecule has 5 heteroatoms. The normalized spacial score (nSPS) is 17.0. The Labute approximate surface area is 144 Å². The molecule has 0 amide bonds. The highest BCUT2D eigenvalue weighted by Crippen LogP contribution is 2.36. The van der Waals surface area contributed by atoms with Crippen LogP contribution in [0.4, 0.5) is 0 Å². The standard InChI is InChI=1S/C19H27N3O2/c1-4-12-21-18(20-5-2)22-15-19(10-13-24-14-11-19)16-6-8-17(23-3)9-7-16/h1,6-9H,5,10-15H2,2-3H3,(H2,20,21,22). The lowest BCUT2D eigenvalue weighted by Crippen LogP contribution is -2.41. The number of hydrogen-bond acceptors (Lipinski definition) is 3. The molecule has 1 aromatic rings. The SMILES string of the molecule is C#CCNC(=NCC1(c2ccc(OC)cc2)CCOCC1)NCC. The number of aliphatic imine (C=N–C) groups is 1. The van der Waals surface area contributed by atoms with Gasteiger partial charge in [-0.15, -0.1) is 6.42 Å². The molecule has 5 nitrogen and oxygen atoms in total. The van der Waals surface area contributed by atoms with Gasteiger partial charge in [-0.2, -0.15) is 0 Å². The van der Waals surface area contributed by atoms with Crippen LogP contribution in [-0.2, 0) is 10.2 Å². The van der Waals surface area contributed by atoms with Gasteiger partial charge in [0.1, 0.15) is 5.75 Å². The van der Waals surface area contributed by atoms with Crippen molar-refractivity contribution in [3.63, 3.8) is 0 Å². The van der Waals surface area contributed by atoms with Crippen molar-refractivity contribution in [1.29, 1.82) is 0 Å². The van der Waals surface area contributed by atoms with E-state index in [-0.39, 0.29) is 5.41 Å². The van der Waals surface area contributed by atoms with Gasteiger partial charge < -0.3 is 20.1 Å². The van der Waals surface area contributed by atoms with Gasteiger partial charge >= 0.3 is 0 Å². The van der Waals surface area contributed by atoms with Crippen molar-refractivity contribution in [3.8, 4) is 18.1 Å². The molecular formula is C19H27N3O2. The van der Waals surface area contributed by atoms with Crippen molar-refractivity contribution in [1.82, 2.24) is 10.6 Å². The van der Waals surface area contributed by atoms with Crippen LogP contribution >= 0.6 is 0 Å². The first kappa shape index (κ1) is 18.2. The molecule has 0 radical (unpaired) electrons. The molecule has 0 spiro atoms. The molecule has 0 bridgehead atoms. The Morgan fingerprint density at radius 1 is 1.29 bits per heavy atom. The van der Waals surface area contributed by atoms with Gasteiger partial charge in [0.25, 0.3) is 0 Å². The molecule has 2 N–H and O–H groups in total. The van der Waals surface area contributed by atoms with Crippen LogP contribution in [0.15, 0.2) is 29.3 Å². The van der Waals surface area contributed by atoms with Crippen LogP contribution in [0.1, 0.15) is 25.3 Å². The van der Waals surface area contributed by atoms with E-state index < -0.39 is 0 Å². The summed E-state index contributed by atoms with van der Waals surface area (Å²) in [5.41, 5.74) is 1.27. The van der Waals surface area contributed by atoms with Gasteiger partial charge in [-0.3, -0.25) is 4.99 Å². The number of guanidine groups is 1. The fraction of sp³-hybridized carbons (Fsp3) is 0.526. The molecule has 24 heavy (non-hydrogen) atoms. The summed E-state index contributed by atoms with van der Waals surface area (Å²) in [4.78, 5) is 4.78. The van der Waals surface area contributed by atoms with E-state index in [1.165, 1.54) is 5.56 Å². The van der Waals surface area contributed by atoms with Gasteiger partial charge in [-0.25, -0.2) is 0 Å². The average Bonchev–Trinajstić information content (AvgIpc) is 2.65. The third-order valence-corrected chi connectivity index (χ3v) is 4.39. The number of hydrogen-bond donors (Lipinski definition) is 2. The van der Waals surface area contributed by atoms with E-state index in [4.69, 9.17) is 20.9 Å². The summed E-state index contributed by atoms with van der Waals surface area (Å²) < 4.78 is 10.9. The van der Waals surface area contributed by atoms with E-state index in [0.29, 0.717) is 13.1 Å². The minimum atomic E-state index is -0.0109. The highest BCUT2D eigenvalue weighted by molar-refractivity contribution is 5.80. The van der Waals surface area contributed by atoms with Gasteiger partial charge in [-0.1, -0.05) is 18.1 Å². The maximum Gasteiger partial charge on any atom is 0.192 e. The number of rotatable bonds is 6. The zero-order valence-corrected chi connectivity index (χ0v) is 14.6. The molecule has 1 saturated heterocycles. The van der Waals surface area contributed by atoms with Crippen molar-refractivity contribution in [2.24, 2.45) is 4.99 Å². The predicted molar refractivity (Wildman–Crippen MR) is 97.5 cm³/mol. The lowest BCUT2D eigenvalue weighted by Gasteiger charge is -2.36. The summed E-state index contributed by atoms with van der Waals surface area (Å²) in [5, 5.41) is 6.38. The van der Waals surface area contributed by atoms with E-state index in [2.05, 4.69) is 28.7 Å². The molecule has 0 aliphatic carbocycles. The Bertz CT molecular complexity index is 569. The highest BCUT2D eigenvalue weighted by atomic mass is 16.5. The maximum atomic E-state index is 5.58. The van der Waals surface area contributed by atoms with Crippen molar-refractivity contribution in [2.75, 3.05) is 40.0 Å². The van der Waals surface area contributed by atoms with Crippen LogP contribution in [-0.4, -0.2) is 45.9 Å². The first-order valence-electron chi connectivity index (χ1n) is 8.42. The fourth-order valence-electron chi connectivity index (χ4n) is 2.95. The quantitative estimate of drug-likeness (QED) is 0.476. The Kier molecular flexibility index (Phi) is 6.95. The third-order valence-electron chi connectivity index (χ3n) is 4.39. The largest absolute Gasteiger partial charge is 0.497 e. The molecule has 2 rings (SSSR count). The minimum Gasteiger partial charge on any atom is -0.497 e. The fourth-order valence-corrected chi connectivity index (χ4v) is 2.95. The molecule has 130 valence electrons. The van der Waals surface area contributed by atoms with Gasteiger partial charge in [0, 0.05) is 25.2 Å². The Morgan fingerprint density at radius 2 is 2.00 bits per heavy atom. The smallest absolute Gasteiger partial charge is 0.192 e. The maximum absolute atomic E-state index is 5.58. The number of nitrogens with one attached hydrogen (secondary N) is 2. The first-order valence-corrected chi connectivity index (χ1v) is 8.42. The lowest BCUT2D eigenvalue weighted by atomic mass is 9.74. The van der Waals surface area contributed by atoms with Crippen LogP contribution in [0.3, 0.4) is 0 Å². The second-order valence-electron chi connectivity index (χ2n) is 5.87. The van der Waals surface area contributed by atoms with Crippen LogP contribution < -0.4 is 15.4 Å². The van der Waals surface area contributed by atoms with E-state index in [0.717, 1.165) is 44.3 Å². The molecule has 1 aliphatic heterocycles. The molecule has 0 unspecified atom stereocenters. The topological polar surface area (TPSA) is 54.9 Å². The van der Waals surface area contributed by atoms with E-state index in [1.807, 2.05) is 19.1 Å². The Morgan fingerprint density at radius 3 is 2.58 bits per heavy atom. The van der Waals surface area contributed by atoms with Crippen molar-refractivity contribution in [3.05, 3.63) is 29.8 Å². The van der Waals surface area contributed by atoms with E-state index in [9.17, 15) is 0 Å².